The number of hydrogen-bond donors (Lipinski definition) is 1. The summed E-state index contributed by atoms with van der Waals surface area (Å²) in [7, 11) is 0. The SMILES string of the molecule is CCCCCCCCNCc1ccc(Cl)cc1C. The summed E-state index contributed by atoms with van der Waals surface area (Å²) in [5.41, 5.74) is 2.63. The van der Waals surface area contributed by atoms with Gasteiger partial charge in [-0.3, -0.25) is 0 Å². The van der Waals surface area contributed by atoms with Gasteiger partial charge in [-0.05, 0) is 43.1 Å². The third-order valence-corrected chi connectivity index (χ3v) is 3.56. The number of unbranched alkanes of at least 4 members (excludes halogenated alkanes) is 5. The van der Waals surface area contributed by atoms with E-state index in [1.165, 1.54) is 49.7 Å². The summed E-state index contributed by atoms with van der Waals surface area (Å²) in [6.07, 6.45) is 8.14. The van der Waals surface area contributed by atoms with Crippen LogP contribution in [0.4, 0.5) is 0 Å². The zero-order valence-electron chi connectivity index (χ0n) is 11.8. The minimum atomic E-state index is 0.826. The number of aryl methyl sites for hydroxylation is 1. The van der Waals surface area contributed by atoms with Gasteiger partial charge in [-0.1, -0.05) is 56.7 Å². The predicted molar refractivity (Wildman–Crippen MR) is 81.3 cm³/mol. The molecule has 1 aromatic carbocycles. The van der Waals surface area contributed by atoms with Gasteiger partial charge in [0.25, 0.3) is 0 Å². The molecule has 102 valence electrons. The van der Waals surface area contributed by atoms with Crippen LogP contribution in [0.5, 0.6) is 0 Å². The van der Waals surface area contributed by atoms with Gasteiger partial charge >= 0.3 is 0 Å². The Balaban J connectivity index is 2.07. The van der Waals surface area contributed by atoms with Crippen LogP contribution in [-0.4, -0.2) is 6.54 Å². The first-order valence-corrected chi connectivity index (χ1v) is 7.57. The highest BCUT2D eigenvalue weighted by molar-refractivity contribution is 6.30. The van der Waals surface area contributed by atoms with Crippen molar-refractivity contribution in [3.05, 3.63) is 34.3 Å². The minimum absolute atomic E-state index is 0.826. The Bertz CT molecular complexity index is 336. The van der Waals surface area contributed by atoms with Crippen LogP contribution in [0.15, 0.2) is 18.2 Å². The molecule has 0 radical (unpaired) electrons. The predicted octanol–water partition coefficient (Wildman–Crippen LogP) is 5.10. The van der Waals surface area contributed by atoms with Gasteiger partial charge in [0.1, 0.15) is 0 Å². The Morgan fingerprint density at radius 3 is 2.50 bits per heavy atom. The summed E-state index contributed by atoms with van der Waals surface area (Å²) in [4.78, 5) is 0. The molecule has 0 bridgehead atoms. The number of benzene rings is 1. The average Bonchev–Trinajstić information content (AvgIpc) is 2.35. The van der Waals surface area contributed by atoms with E-state index in [1.54, 1.807) is 0 Å². The number of hydrogen-bond acceptors (Lipinski definition) is 1. The largest absolute Gasteiger partial charge is 0.313 e. The van der Waals surface area contributed by atoms with Gasteiger partial charge in [-0.15, -0.1) is 0 Å². The molecule has 1 N–H and O–H groups in total. The molecule has 0 saturated heterocycles. The smallest absolute Gasteiger partial charge is 0.0408 e. The third kappa shape index (κ3) is 6.42. The van der Waals surface area contributed by atoms with Gasteiger partial charge < -0.3 is 5.32 Å². The quantitative estimate of drug-likeness (QED) is 0.614. The van der Waals surface area contributed by atoms with Crippen molar-refractivity contribution in [2.75, 3.05) is 6.54 Å². The zero-order valence-corrected chi connectivity index (χ0v) is 12.5. The molecular formula is C16H26ClN. The lowest BCUT2D eigenvalue weighted by Gasteiger charge is -2.08. The molecule has 0 spiro atoms. The second-order valence-electron chi connectivity index (χ2n) is 5.02. The van der Waals surface area contributed by atoms with Crippen molar-refractivity contribution in [1.29, 1.82) is 0 Å². The molecule has 1 rings (SSSR count). The Morgan fingerprint density at radius 1 is 1.06 bits per heavy atom. The van der Waals surface area contributed by atoms with Gasteiger partial charge in [0.05, 0.1) is 0 Å². The Morgan fingerprint density at radius 2 is 1.78 bits per heavy atom. The summed E-state index contributed by atoms with van der Waals surface area (Å²) < 4.78 is 0. The molecule has 0 heterocycles. The maximum atomic E-state index is 5.94. The summed E-state index contributed by atoms with van der Waals surface area (Å²) >= 11 is 5.94. The van der Waals surface area contributed by atoms with Gasteiger partial charge in [0.2, 0.25) is 0 Å². The lowest BCUT2D eigenvalue weighted by molar-refractivity contribution is 0.571. The average molecular weight is 268 g/mol. The molecule has 0 amide bonds. The van der Waals surface area contributed by atoms with E-state index in [0.717, 1.165) is 18.1 Å². The molecule has 0 aliphatic heterocycles. The maximum Gasteiger partial charge on any atom is 0.0408 e. The minimum Gasteiger partial charge on any atom is -0.313 e. The number of rotatable bonds is 9. The van der Waals surface area contributed by atoms with Gasteiger partial charge in [-0.25, -0.2) is 0 Å². The maximum absolute atomic E-state index is 5.94. The molecule has 0 atom stereocenters. The molecule has 1 nitrogen and oxygen atoms in total. The molecular weight excluding hydrogens is 242 g/mol. The van der Waals surface area contributed by atoms with Crippen molar-refractivity contribution >= 4 is 11.6 Å². The summed E-state index contributed by atoms with van der Waals surface area (Å²) in [5.74, 6) is 0. The summed E-state index contributed by atoms with van der Waals surface area (Å²) in [5, 5.41) is 4.34. The fourth-order valence-corrected chi connectivity index (χ4v) is 2.34. The van der Waals surface area contributed by atoms with Gasteiger partial charge in [-0.2, -0.15) is 0 Å². The third-order valence-electron chi connectivity index (χ3n) is 3.33. The van der Waals surface area contributed by atoms with Crippen molar-refractivity contribution in [2.24, 2.45) is 0 Å². The molecule has 0 saturated carbocycles. The molecule has 2 heteroatoms. The van der Waals surface area contributed by atoms with E-state index in [1.807, 2.05) is 12.1 Å². The van der Waals surface area contributed by atoms with E-state index in [0.29, 0.717) is 0 Å². The molecule has 0 unspecified atom stereocenters. The Labute approximate surface area is 117 Å². The molecule has 0 fully saturated rings. The van der Waals surface area contributed by atoms with Crippen molar-refractivity contribution in [2.45, 2.75) is 58.9 Å². The van der Waals surface area contributed by atoms with Crippen LogP contribution in [0.25, 0.3) is 0 Å². The number of nitrogens with one attached hydrogen (secondary N) is 1. The van der Waals surface area contributed by atoms with E-state index in [4.69, 9.17) is 11.6 Å². The monoisotopic (exact) mass is 267 g/mol. The Kier molecular flexibility index (Phi) is 8.11. The van der Waals surface area contributed by atoms with E-state index >= 15 is 0 Å². The lowest BCUT2D eigenvalue weighted by atomic mass is 10.1. The fourth-order valence-electron chi connectivity index (χ4n) is 2.11. The van der Waals surface area contributed by atoms with Gasteiger partial charge in [0.15, 0.2) is 0 Å². The van der Waals surface area contributed by atoms with Crippen LogP contribution >= 0.6 is 11.6 Å². The molecule has 18 heavy (non-hydrogen) atoms. The standard InChI is InChI=1S/C16H26ClN/c1-3-4-5-6-7-8-11-18-13-15-9-10-16(17)12-14(15)2/h9-10,12,18H,3-8,11,13H2,1-2H3. The van der Waals surface area contributed by atoms with E-state index in [9.17, 15) is 0 Å². The zero-order chi connectivity index (χ0) is 13.2. The van der Waals surface area contributed by atoms with Crippen molar-refractivity contribution in [3.8, 4) is 0 Å². The fraction of sp³-hybridized carbons (Fsp3) is 0.625. The first kappa shape index (κ1) is 15.5. The van der Waals surface area contributed by atoms with E-state index < -0.39 is 0 Å². The number of halogens is 1. The van der Waals surface area contributed by atoms with Crippen LogP contribution in [0, 0.1) is 6.92 Å². The first-order valence-electron chi connectivity index (χ1n) is 7.19. The topological polar surface area (TPSA) is 12.0 Å². The van der Waals surface area contributed by atoms with E-state index in [-0.39, 0.29) is 0 Å². The highest BCUT2D eigenvalue weighted by Gasteiger charge is 1.98. The summed E-state index contributed by atoms with van der Waals surface area (Å²) in [6, 6.07) is 6.12. The first-order chi connectivity index (χ1) is 8.74. The summed E-state index contributed by atoms with van der Waals surface area (Å²) in [6.45, 7) is 6.45. The molecule has 1 aromatic rings. The Hall–Kier alpha value is -0.530. The highest BCUT2D eigenvalue weighted by atomic mass is 35.5. The van der Waals surface area contributed by atoms with Gasteiger partial charge in [0, 0.05) is 11.6 Å². The van der Waals surface area contributed by atoms with E-state index in [2.05, 4.69) is 25.2 Å². The lowest BCUT2D eigenvalue weighted by Crippen LogP contribution is -2.15. The second-order valence-corrected chi connectivity index (χ2v) is 5.45. The van der Waals surface area contributed by atoms with Crippen LogP contribution < -0.4 is 5.32 Å². The molecule has 0 aliphatic carbocycles. The normalized spacial score (nSPS) is 10.8. The van der Waals surface area contributed by atoms with Crippen LogP contribution in [0.2, 0.25) is 5.02 Å². The van der Waals surface area contributed by atoms with Crippen molar-refractivity contribution < 1.29 is 0 Å². The molecule has 0 aliphatic rings. The van der Waals surface area contributed by atoms with Crippen LogP contribution in [-0.2, 0) is 6.54 Å². The van der Waals surface area contributed by atoms with Crippen LogP contribution in [0.3, 0.4) is 0 Å². The van der Waals surface area contributed by atoms with Crippen molar-refractivity contribution in [1.82, 2.24) is 5.32 Å². The van der Waals surface area contributed by atoms with Crippen LogP contribution in [0.1, 0.15) is 56.6 Å². The highest BCUT2D eigenvalue weighted by Crippen LogP contribution is 2.14. The second kappa shape index (κ2) is 9.41. The molecule has 0 aromatic heterocycles. The van der Waals surface area contributed by atoms with Crippen molar-refractivity contribution in [3.63, 3.8) is 0 Å².